The van der Waals surface area contributed by atoms with E-state index in [1.54, 1.807) is 43.4 Å². The van der Waals surface area contributed by atoms with Gasteiger partial charge in [-0.1, -0.05) is 24.3 Å². The second kappa shape index (κ2) is 15.2. The molecule has 226 valence electrons. The van der Waals surface area contributed by atoms with Gasteiger partial charge in [0.05, 0.1) is 18.5 Å². The van der Waals surface area contributed by atoms with Gasteiger partial charge in [-0.3, -0.25) is 19.2 Å². The van der Waals surface area contributed by atoms with Crippen molar-refractivity contribution in [3.8, 4) is 11.5 Å². The molecule has 1 saturated heterocycles. The summed E-state index contributed by atoms with van der Waals surface area (Å²) in [6.45, 7) is 3.99. The van der Waals surface area contributed by atoms with E-state index in [9.17, 15) is 24.3 Å². The molecule has 2 aromatic carbocycles. The van der Waals surface area contributed by atoms with Crippen LogP contribution in [0.3, 0.4) is 0 Å². The zero-order valence-electron chi connectivity index (χ0n) is 24.1. The first-order chi connectivity index (χ1) is 20.3. The lowest BCUT2D eigenvalue weighted by Gasteiger charge is -2.27. The van der Waals surface area contributed by atoms with Crippen LogP contribution in [0.5, 0.6) is 11.5 Å². The highest BCUT2D eigenvalue weighted by Gasteiger charge is 2.30. The van der Waals surface area contributed by atoms with Gasteiger partial charge in [0.1, 0.15) is 30.2 Å². The van der Waals surface area contributed by atoms with Crippen molar-refractivity contribution in [3.63, 3.8) is 0 Å². The number of amides is 4. The number of fused-ring (bicyclic) bond motifs is 1. The number of likely N-dealkylation sites (N-methyl/N-ethyl adjacent to an activating group) is 1. The molecule has 0 unspecified atom stereocenters. The van der Waals surface area contributed by atoms with Gasteiger partial charge >= 0.3 is 0 Å². The molecule has 2 aliphatic rings. The third-order valence-electron chi connectivity index (χ3n) is 7.61. The van der Waals surface area contributed by atoms with Crippen LogP contribution in [0.4, 0.5) is 0 Å². The number of benzene rings is 2. The van der Waals surface area contributed by atoms with E-state index in [4.69, 9.17) is 4.74 Å². The van der Waals surface area contributed by atoms with E-state index in [-0.39, 0.29) is 43.2 Å². The van der Waals surface area contributed by atoms with E-state index in [1.165, 1.54) is 29.9 Å². The first-order valence-corrected chi connectivity index (χ1v) is 14.6. The van der Waals surface area contributed by atoms with E-state index in [0.29, 0.717) is 12.3 Å². The first kappa shape index (κ1) is 30.8. The zero-order valence-corrected chi connectivity index (χ0v) is 24.1. The fourth-order valence-electron chi connectivity index (χ4n) is 5.20. The number of hydrogen-bond acceptors (Lipinski definition) is 7. The molecule has 1 fully saturated rings. The topological polar surface area (TPSA) is 140 Å². The highest BCUT2D eigenvalue weighted by atomic mass is 16.5. The van der Waals surface area contributed by atoms with Crippen molar-refractivity contribution in [2.45, 2.75) is 50.6 Å². The number of nitrogens with zero attached hydrogens (tertiary/aromatic N) is 2. The lowest BCUT2D eigenvalue weighted by molar-refractivity contribution is -0.136. The van der Waals surface area contributed by atoms with Crippen molar-refractivity contribution < 1.29 is 29.0 Å². The molecule has 0 bridgehead atoms. The molecule has 0 radical (unpaired) electrons. The lowest BCUT2D eigenvalue weighted by atomic mass is 10.0. The van der Waals surface area contributed by atoms with Crippen LogP contribution < -0.4 is 20.7 Å². The summed E-state index contributed by atoms with van der Waals surface area (Å²) >= 11 is 0. The van der Waals surface area contributed by atoms with Crippen LogP contribution in [0, 0.1) is 0 Å². The minimum absolute atomic E-state index is 0.0929. The number of likely N-dealkylation sites (tertiary alicyclic amines) is 1. The lowest BCUT2D eigenvalue weighted by Crippen LogP contribution is -2.53. The highest BCUT2D eigenvalue weighted by Crippen LogP contribution is 2.19. The molecule has 4 rings (SSSR count). The van der Waals surface area contributed by atoms with Gasteiger partial charge in [0.2, 0.25) is 17.7 Å². The third kappa shape index (κ3) is 8.94. The fourth-order valence-corrected chi connectivity index (χ4v) is 5.20. The van der Waals surface area contributed by atoms with E-state index < -0.39 is 29.8 Å². The Labute approximate surface area is 246 Å². The number of nitrogens with one attached hydrogen (secondary N) is 3. The number of ether oxygens (including phenoxy) is 1. The average molecular weight is 580 g/mol. The SMILES string of the molecule is CN1CCOc2ccccc2C(=O)N[C@H](C(=O)NCCCCN2CCCC2)CC(=O)N[C@@H](Cc2ccc(O)cc2)C1=O. The van der Waals surface area contributed by atoms with Crippen LogP contribution in [0.25, 0.3) is 0 Å². The molecule has 11 heteroatoms. The first-order valence-electron chi connectivity index (χ1n) is 14.6. The number of carbonyl (C=O) groups excluding carboxylic acids is 4. The molecular formula is C31H41N5O6. The van der Waals surface area contributed by atoms with E-state index in [0.717, 1.165) is 38.0 Å². The Hall–Kier alpha value is -4.12. The monoisotopic (exact) mass is 579 g/mol. The second-order valence-electron chi connectivity index (χ2n) is 10.9. The maximum atomic E-state index is 13.4. The number of phenolic OH excluding ortho intramolecular Hbond substituents is 1. The van der Waals surface area contributed by atoms with E-state index in [1.807, 2.05) is 0 Å². The molecule has 2 atom stereocenters. The molecule has 0 saturated carbocycles. The van der Waals surface area contributed by atoms with Crippen molar-refractivity contribution in [2.24, 2.45) is 0 Å². The number of hydrogen-bond donors (Lipinski definition) is 4. The number of rotatable bonds is 8. The Balaban J connectivity index is 1.49. The van der Waals surface area contributed by atoms with Crippen molar-refractivity contribution in [1.29, 1.82) is 0 Å². The summed E-state index contributed by atoms with van der Waals surface area (Å²) in [7, 11) is 1.62. The van der Waals surface area contributed by atoms with Gasteiger partial charge in [-0.05, 0) is 75.1 Å². The van der Waals surface area contributed by atoms with E-state index in [2.05, 4.69) is 20.9 Å². The summed E-state index contributed by atoms with van der Waals surface area (Å²) in [6, 6.07) is 11.0. The smallest absolute Gasteiger partial charge is 0.255 e. The molecule has 2 aromatic rings. The van der Waals surface area contributed by atoms with Crippen LogP contribution in [-0.4, -0.2) is 97.0 Å². The Morgan fingerprint density at radius 3 is 2.50 bits per heavy atom. The molecule has 2 heterocycles. The van der Waals surface area contributed by atoms with E-state index >= 15 is 0 Å². The molecule has 0 aliphatic carbocycles. The van der Waals surface area contributed by atoms with Crippen molar-refractivity contribution in [3.05, 3.63) is 59.7 Å². The molecule has 4 N–H and O–H groups in total. The summed E-state index contributed by atoms with van der Waals surface area (Å²) in [5.74, 6) is -1.46. The van der Waals surface area contributed by atoms with Crippen LogP contribution in [-0.2, 0) is 20.8 Å². The summed E-state index contributed by atoms with van der Waals surface area (Å²) in [6.07, 6.45) is 4.01. The maximum Gasteiger partial charge on any atom is 0.255 e. The van der Waals surface area contributed by atoms with Crippen molar-refractivity contribution in [1.82, 2.24) is 25.8 Å². The third-order valence-corrected chi connectivity index (χ3v) is 7.61. The number of aromatic hydroxyl groups is 1. The Morgan fingerprint density at radius 1 is 1.00 bits per heavy atom. The van der Waals surface area contributed by atoms with Crippen LogP contribution in [0.15, 0.2) is 48.5 Å². The standard InChI is InChI=1S/C31H41N5O6/c1-35-18-19-42-27-9-3-2-8-24(27)29(39)34-25(30(40)32-14-4-5-15-36-16-6-7-17-36)21-28(38)33-26(31(35)41)20-22-10-12-23(37)13-11-22/h2-3,8-13,25-26,37H,4-7,14-21H2,1H3,(H,32,40)(H,33,38)(H,34,39)/t25-,26-/m0/s1. The average Bonchev–Trinajstić information content (AvgIpc) is 3.50. The number of unbranched alkanes of at least 4 members (excludes halogenated alkanes) is 1. The van der Waals surface area contributed by atoms with Crippen molar-refractivity contribution >= 4 is 23.6 Å². The van der Waals surface area contributed by atoms with Gasteiger partial charge in [0.25, 0.3) is 5.91 Å². The van der Waals surface area contributed by atoms with Crippen LogP contribution in [0.1, 0.15) is 48.0 Å². The zero-order chi connectivity index (χ0) is 29.9. The minimum Gasteiger partial charge on any atom is -0.508 e. The summed E-state index contributed by atoms with van der Waals surface area (Å²) in [5, 5.41) is 18.0. The van der Waals surface area contributed by atoms with Gasteiger partial charge < -0.3 is 35.6 Å². The molecule has 2 aliphatic heterocycles. The Morgan fingerprint density at radius 2 is 1.74 bits per heavy atom. The predicted molar refractivity (Wildman–Crippen MR) is 157 cm³/mol. The quantitative estimate of drug-likeness (QED) is 0.347. The van der Waals surface area contributed by atoms with Gasteiger partial charge in [-0.25, -0.2) is 0 Å². The Kier molecular flexibility index (Phi) is 11.2. The fraction of sp³-hybridized carbons (Fsp3) is 0.484. The second-order valence-corrected chi connectivity index (χ2v) is 10.9. The largest absolute Gasteiger partial charge is 0.508 e. The van der Waals surface area contributed by atoms with Gasteiger partial charge in [0, 0.05) is 20.0 Å². The maximum absolute atomic E-state index is 13.4. The summed E-state index contributed by atoms with van der Waals surface area (Å²) in [5.41, 5.74) is 0.972. The highest BCUT2D eigenvalue weighted by molar-refractivity contribution is 6.01. The van der Waals surface area contributed by atoms with Crippen molar-refractivity contribution in [2.75, 3.05) is 46.4 Å². The van der Waals surface area contributed by atoms with Crippen LogP contribution >= 0.6 is 0 Å². The molecular weight excluding hydrogens is 538 g/mol. The minimum atomic E-state index is -1.16. The van der Waals surface area contributed by atoms with Gasteiger partial charge in [-0.2, -0.15) is 0 Å². The summed E-state index contributed by atoms with van der Waals surface area (Å²) < 4.78 is 5.86. The number of phenols is 1. The molecule has 11 nitrogen and oxygen atoms in total. The normalized spacial score (nSPS) is 20.6. The molecule has 4 amide bonds. The predicted octanol–water partition coefficient (Wildman–Crippen LogP) is 1.45. The molecule has 0 aromatic heterocycles. The Bertz CT molecular complexity index is 1230. The van der Waals surface area contributed by atoms with Crippen LogP contribution in [0.2, 0.25) is 0 Å². The number of carbonyl (C=O) groups is 4. The number of para-hydroxylation sites is 1. The van der Waals surface area contributed by atoms with Gasteiger partial charge in [-0.15, -0.1) is 0 Å². The van der Waals surface area contributed by atoms with Gasteiger partial charge in [0.15, 0.2) is 0 Å². The molecule has 42 heavy (non-hydrogen) atoms. The summed E-state index contributed by atoms with van der Waals surface area (Å²) in [4.78, 5) is 57.1. The molecule has 0 spiro atoms.